The first-order valence-corrected chi connectivity index (χ1v) is 10.6. The van der Waals surface area contributed by atoms with Gasteiger partial charge in [0, 0.05) is 31.6 Å². The molecule has 2 heterocycles. The zero-order chi connectivity index (χ0) is 22.7. The molecule has 168 valence electrons. The first-order chi connectivity index (χ1) is 15.3. The molecule has 0 aliphatic carbocycles. The highest BCUT2D eigenvalue weighted by atomic mass is 19.4. The van der Waals surface area contributed by atoms with Crippen LogP contribution in [0.5, 0.6) is 5.75 Å². The van der Waals surface area contributed by atoms with Crippen molar-refractivity contribution >= 4 is 11.6 Å². The number of hydrogen-bond donors (Lipinski definition) is 1. The van der Waals surface area contributed by atoms with E-state index >= 15 is 0 Å². The maximum atomic E-state index is 12.6. The molecular weight excluding hydrogens is 417 g/mol. The van der Waals surface area contributed by atoms with Gasteiger partial charge in [0.15, 0.2) is 0 Å². The highest BCUT2D eigenvalue weighted by Crippen LogP contribution is 2.30. The lowest BCUT2D eigenvalue weighted by atomic mass is 9.99. The van der Waals surface area contributed by atoms with Crippen LogP contribution in [0.4, 0.5) is 24.8 Å². The van der Waals surface area contributed by atoms with E-state index < -0.39 is 6.36 Å². The smallest absolute Gasteiger partial charge is 0.406 e. The fraction of sp³-hybridized carbons (Fsp3) is 0.333. The van der Waals surface area contributed by atoms with Crippen LogP contribution in [-0.4, -0.2) is 22.9 Å². The number of fused-ring (bicyclic) bond motifs is 1. The van der Waals surface area contributed by atoms with E-state index in [9.17, 15) is 13.2 Å². The average molecular weight is 442 g/mol. The van der Waals surface area contributed by atoms with Gasteiger partial charge in [-0.2, -0.15) is 0 Å². The minimum Gasteiger partial charge on any atom is -0.406 e. The molecule has 4 rings (SSSR count). The third-order valence-corrected chi connectivity index (χ3v) is 5.31. The summed E-state index contributed by atoms with van der Waals surface area (Å²) < 4.78 is 42.0. The van der Waals surface area contributed by atoms with Gasteiger partial charge in [0.25, 0.3) is 0 Å². The largest absolute Gasteiger partial charge is 0.573 e. The van der Waals surface area contributed by atoms with Crippen molar-refractivity contribution in [2.75, 3.05) is 16.8 Å². The van der Waals surface area contributed by atoms with Gasteiger partial charge in [-0.15, -0.1) is 13.2 Å². The van der Waals surface area contributed by atoms with Crippen LogP contribution in [0.2, 0.25) is 0 Å². The second-order valence-corrected chi connectivity index (χ2v) is 8.11. The van der Waals surface area contributed by atoms with E-state index in [0.717, 1.165) is 47.1 Å². The molecule has 5 nitrogen and oxygen atoms in total. The van der Waals surface area contributed by atoms with E-state index in [-0.39, 0.29) is 11.7 Å². The van der Waals surface area contributed by atoms with Crippen molar-refractivity contribution in [3.63, 3.8) is 0 Å². The molecule has 0 saturated carbocycles. The Balaban J connectivity index is 1.56. The minimum atomic E-state index is -4.71. The molecule has 1 N–H and O–H groups in total. The Morgan fingerprint density at radius 1 is 1.03 bits per heavy atom. The number of hydrogen-bond acceptors (Lipinski definition) is 5. The van der Waals surface area contributed by atoms with Crippen LogP contribution in [0, 0.1) is 0 Å². The summed E-state index contributed by atoms with van der Waals surface area (Å²) in [5, 5.41) is 3.37. The van der Waals surface area contributed by atoms with Crippen molar-refractivity contribution in [3.05, 3.63) is 77.1 Å². The van der Waals surface area contributed by atoms with Crippen LogP contribution in [0.25, 0.3) is 0 Å². The average Bonchev–Trinajstić information content (AvgIpc) is 2.76. The lowest BCUT2D eigenvalue weighted by molar-refractivity contribution is -0.274. The number of nitrogens with zero attached hydrogens (tertiary/aromatic N) is 3. The zero-order valence-electron chi connectivity index (χ0n) is 18.0. The second-order valence-electron chi connectivity index (χ2n) is 8.11. The van der Waals surface area contributed by atoms with Crippen LogP contribution in [0.15, 0.2) is 54.6 Å². The fourth-order valence-corrected chi connectivity index (χ4v) is 3.68. The first kappa shape index (κ1) is 21.9. The van der Waals surface area contributed by atoms with Crippen LogP contribution < -0.4 is 15.0 Å². The van der Waals surface area contributed by atoms with Gasteiger partial charge >= 0.3 is 6.36 Å². The standard InChI is InChI=1S/C24H25F3N4O/c1-16(2)23-29-21(28-14-17-6-4-3-5-7-17)13-22(30-23)31-11-10-18-8-9-20(12-19(18)15-31)32-24(25,26)27/h3-9,12-13,16H,10-11,14-15H2,1-2H3,(H,28,29,30). The summed E-state index contributed by atoms with van der Waals surface area (Å²) in [6, 6.07) is 16.5. The SMILES string of the molecule is CC(C)c1nc(NCc2ccccc2)cc(N2CCc3ccc(OC(F)(F)F)cc3C2)n1. The van der Waals surface area contributed by atoms with Gasteiger partial charge < -0.3 is 15.0 Å². The van der Waals surface area contributed by atoms with E-state index in [2.05, 4.69) is 19.9 Å². The molecule has 1 aromatic heterocycles. The van der Waals surface area contributed by atoms with Crippen molar-refractivity contribution in [2.24, 2.45) is 0 Å². The third-order valence-electron chi connectivity index (χ3n) is 5.31. The molecule has 1 aliphatic heterocycles. The van der Waals surface area contributed by atoms with Gasteiger partial charge in [-0.25, -0.2) is 9.97 Å². The highest BCUT2D eigenvalue weighted by molar-refractivity contribution is 5.52. The van der Waals surface area contributed by atoms with Gasteiger partial charge in [-0.1, -0.05) is 50.2 Å². The number of halogens is 3. The Bertz CT molecular complexity index is 1070. The fourth-order valence-electron chi connectivity index (χ4n) is 3.68. The molecule has 2 aromatic carbocycles. The Hall–Kier alpha value is -3.29. The van der Waals surface area contributed by atoms with Crippen LogP contribution in [-0.2, 0) is 19.5 Å². The molecule has 1 aliphatic rings. The van der Waals surface area contributed by atoms with Crippen molar-refractivity contribution in [1.29, 1.82) is 0 Å². The molecule has 3 aromatic rings. The molecular formula is C24H25F3N4O. The molecule has 32 heavy (non-hydrogen) atoms. The van der Waals surface area contributed by atoms with E-state index in [1.54, 1.807) is 6.07 Å². The van der Waals surface area contributed by atoms with E-state index in [1.807, 2.05) is 50.2 Å². The summed E-state index contributed by atoms with van der Waals surface area (Å²) >= 11 is 0. The first-order valence-electron chi connectivity index (χ1n) is 10.6. The predicted octanol–water partition coefficient (Wildman–Crippen LogP) is 5.67. The van der Waals surface area contributed by atoms with Gasteiger partial charge in [0.05, 0.1) is 0 Å². The van der Waals surface area contributed by atoms with Crippen molar-refractivity contribution in [2.45, 2.75) is 45.6 Å². The number of ether oxygens (including phenoxy) is 1. The number of benzene rings is 2. The lowest BCUT2D eigenvalue weighted by Gasteiger charge is -2.30. The second kappa shape index (κ2) is 9.06. The maximum Gasteiger partial charge on any atom is 0.573 e. The van der Waals surface area contributed by atoms with E-state index in [0.29, 0.717) is 13.1 Å². The third kappa shape index (κ3) is 5.49. The molecule has 0 fully saturated rings. The number of aromatic nitrogens is 2. The summed E-state index contributed by atoms with van der Waals surface area (Å²) in [6.45, 7) is 5.88. The van der Waals surface area contributed by atoms with E-state index in [4.69, 9.17) is 4.98 Å². The van der Waals surface area contributed by atoms with Crippen LogP contribution in [0.1, 0.15) is 42.3 Å². The predicted molar refractivity (Wildman–Crippen MR) is 118 cm³/mol. The molecule has 0 saturated heterocycles. The van der Waals surface area contributed by atoms with Crippen molar-refractivity contribution < 1.29 is 17.9 Å². The van der Waals surface area contributed by atoms with Crippen molar-refractivity contribution in [3.8, 4) is 5.75 Å². The number of nitrogens with one attached hydrogen (secondary N) is 1. The van der Waals surface area contributed by atoms with Crippen molar-refractivity contribution in [1.82, 2.24) is 9.97 Å². The zero-order valence-corrected chi connectivity index (χ0v) is 18.0. The molecule has 0 spiro atoms. The number of anilines is 2. The molecule has 0 radical (unpaired) electrons. The molecule has 8 heteroatoms. The highest BCUT2D eigenvalue weighted by Gasteiger charge is 2.31. The summed E-state index contributed by atoms with van der Waals surface area (Å²) in [5.74, 6) is 2.14. The molecule has 0 amide bonds. The Labute approximate surface area is 185 Å². The molecule has 0 unspecified atom stereocenters. The van der Waals surface area contributed by atoms with Gasteiger partial charge in [-0.05, 0) is 35.2 Å². The Morgan fingerprint density at radius 2 is 1.81 bits per heavy atom. The minimum absolute atomic E-state index is 0.135. The number of alkyl halides is 3. The van der Waals surface area contributed by atoms with E-state index in [1.165, 1.54) is 12.1 Å². The quantitative estimate of drug-likeness (QED) is 0.533. The summed E-state index contributed by atoms with van der Waals surface area (Å²) in [7, 11) is 0. The van der Waals surface area contributed by atoms with Crippen LogP contribution in [0.3, 0.4) is 0 Å². The summed E-state index contributed by atoms with van der Waals surface area (Å²) in [6.07, 6.45) is -3.99. The Morgan fingerprint density at radius 3 is 2.53 bits per heavy atom. The summed E-state index contributed by atoms with van der Waals surface area (Å²) in [4.78, 5) is 11.4. The molecule has 0 atom stereocenters. The maximum absolute atomic E-state index is 12.6. The monoisotopic (exact) mass is 442 g/mol. The summed E-state index contributed by atoms with van der Waals surface area (Å²) in [5.41, 5.74) is 2.97. The van der Waals surface area contributed by atoms with Gasteiger partial charge in [-0.3, -0.25) is 0 Å². The Kier molecular flexibility index (Phi) is 6.21. The van der Waals surface area contributed by atoms with Gasteiger partial charge in [0.1, 0.15) is 23.2 Å². The molecule has 0 bridgehead atoms. The van der Waals surface area contributed by atoms with Gasteiger partial charge in [0.2, 0.25) is 0 Å². The normalized spacial score (nSPS) is 13.8. The topological polar surface area (TPSA) is 50.3 Å². The lowest BCUT2D eigenvalue weighted by Crippen LogP contribution is -2.31. The van der Waals surface area contributed by atoms with Crippen LogP contribution >= 0.6 is 0 Å². The number of rotatable bonds is 6.